The maximum Gasteiger partial charge on any atom is 0.335 e. The highest BCUT2D eigenvalue weighted by Crippen LogP contribution is 2.25. The van der Waals surface area contributed by atoms with Gasteiger partial charge < -0.3 is 14.7 Å². The molecule has 1 rings (SSSR count). The fourth-order valence-corrected chi connectivity index (χ4v) is 4.04. The van der Waals surface area contributed by atoms with Crippen LogP contribution in [0.15, 0.2) is 23.1 Å². The minimum atomic E-state index is -3.87. The zero-order valence-electron chi connectivity index (χ0n) is 15.3. The number of carboxylic acids is 1. The summed E-state index contributed by atoms with van der Waals surface area (Å²) < 4.78 is 32.9. The molecular weight excluding hydrogens is 344 g/mol. The standard InChI is InChI=1S/C17H28N2O5S/c1-5-19(6-2)11-7-8-13(3)18-25(22,23)16-12-14(17(20)21)9-10-15(16)24-4/h9-10,12-13,18H,5-8,11H2,1-4H3,(H,20,21). The predicted octanol–water partition coefficient (Wildman–Crippen LogP) is 2.18. The van der Waals surface area contributed by atoms with Crippen LogP contribution in [0.1, 0.15) is 44.0 Å². The average Bonchev–Trinajstić information content (AvgIpc) is 2.57. The Hall–Kier alpha value is -1.64. The van der Waals surface area contributed by atoms with Crippen LogP contribution < -0.4 is 9.46 Å². The third-order valence-electron chi connectivity index (χ3n) is 4.06. The van der Waals surface area contributed by atoms with E-state index in [1.54, 1.807) is 6.92 Å². The van der Waals surface area contributed by atoms with Gasteiger partial charge in [-0.15, -0.1) is 0 Å². The van der Waals surface area contributed by atoms with Crippen LogP contribution in [0.5, 0.6) is 5.75 Å². The van der Waals surface area contributed by atoms with Gasteiger partial charge in [0, 0.05) is 6.04 Å². The van der Waals surface area contributed by atoms with Crippen LogP contribution in [0.3, 0.4) is 0 Å². The van der Waals surface area contributed by atoms with Gasteiger partial charge in [-0.1, -0.05) is 13.8 Å². The molecule has 0 amide bonds. The normalized spacial score (nSPS) is 13.0. The Bertz CT molecular complexity index is 672. The molecule has 25 heavy (non-hydrogen) atoms. The van der Waals surface area contributed by atoms with E-state index < -0.39 is 16.0 Å². The van der Waals surface area contributed by atoms with Gasteiger partial charge in [0.2, 0.25) is 10.0 Å². The topological polar surface area (TPSA) is 95.9 Å². The number of benzene rings is 1. The van der Waals surface area contributed by atoms with E-state index in [1.807, 2.05) is 0 Å². The Morgan fingerprint density at radius 3 is 2.48 bits per heavy atom. The van der Waals surface area contributed by atoms with Gasteiger partial charge in [0.1, 0.15) is 10.6 Å². The largest absolute Gasteiger partial charge is 0.495 e. The number of nitrogens with one attached hydrogen (secondary N) is 1. The highest BCUT2D eigenvalue weighted by Gasteiger charge is 2.23. The molecule has 0 bridgehead atoms. The van der Waals surface area contributed by atoms with Gasteiger partial charge in [-0.05, 0) is 57.6 Å². The highest BCUT2D eigenvalue weighted by atomic mass is 32.2. The summed E-state index contributed by atoms with van der Waals surface area (Å²) >= 11 is 0. The van der Waals surface area contributed by atoms with Crippen LogP contribution in [-0.2, 0) is 10.0 Å². The summed E-state index contributed by atoms with van der Waals surface area (Å²) in [4.78, 5) is 13.2. The zero-order valence-corrected chi connectivity index (χ0v) is 16.1. The van der Waals surface area contributed by atoms with E-state index in [9.17, 15) is 13.2 Å². The van der Waals surface area contributed by atoms with Gasteiger partial charge in [-0.2, -0.15) is 0 Å². The molecule has 0 aliphatic carbocycles. The summed E-state index contributed by atoms with van der Waals surface area (Å²) in [6.45, 7) is 8.84. The van der Waals surface area contributed by atoms with Crippen molar-refractivity contribution in [3.05, 3.63) is 23.8 Å². The van der Waals surface area contributed by atoms with Gasteiger partial charge in [0.05, 0.1) is 12.7 Å². The Balaban J connectivity index is 2.83. The number of aromatic carboxylic acids is 1. The summed E-state index contributed by atoms with van der Waals surface area (Å²) in [7, 11) is -2.52. The molecule has 1 atom stereocenters. The van der Waals surface area contributed by atoms with Crippen LogP contribution in [0.2, 0.25) is 0 Å². The Labute approximate surface area is 150 Å². The van der Waals surface area contributed by atoms with E-state index in [0.29, 0.717) is 6.42 Å². The summed E-state index contributed by atoms with van der Waals surface area (Å²) in [5.74, 6) is -1.07. The second-order valence-corrected chi connectivity index (χ2v) is 7.54. The lowest BCUT2D eigenvalue weighted by molar-refractivity contribution is 0.0696. The maximum atomic E-state index is 12.6. The number of nitrogens with zero attached hydrogens (tertiary/aromatic N) is 1. The number of methoxy groups -OCH3 is 1. The third-order valence-corrected chi connectivity index (χ3v) is 5.67. The lowest BCUT2D eigenvalue weighted by Gasteiger charge is -2.20. The molecule has 1 unspecified atom stereocenters. The van der Waals surface area contributed by atoms with Crippen molar-refractivity contribution in [1.29, 1.82) is 0 Å². The van der Waals surface area contributed by atoms with E-state index in [-0.39, 0.29) is 22.3 Å². The number of hydrogen-bond acceptors (Lipinski definition) is 5. The fraction of sp³-hybridized carbons (Fsp3) is 0.588. The Kier molecular flexibility index (Phi) is 8.34. The van der Waals surface area contributed by atoms with Crippen LogP contribution >= 0.6 is 0 Å². The molecule has 0 spiro atoms. The molecule has 1 aromatic carbocycles. The van der Waals surface area contributed by atoms with Crippen LogP contribution in [0.4, 0.5) is 0 Å². The van der Waals surface area contributed by atoms with E-state index in [4.69, 9.17) is 9.84 Å². The molecule has 0 aliphatic rings. The van der Waals surface area contributed by atoms with Gasteiger partial charge in [-0.3, -0.25) is 0 Å². The minimum Gasteiger partial charge on any atom is -0.495 e. The third kappa shape index (κ3) is 6.30. The molecule has 142 valence electrons. The summed E-state index contributed by atoms with van der Waals surface area (Å²) in [5.41, 5.74) is -0.102. The Morgan fingerprint density at radius 2 is 1.96 bits per heavy atom. The summed E-state index contributed by atoms with van der Waals surface area (Å²) in [5, 5.41) is 9.07. The van der Waals surface area contributed by atoms with Gasteiger partial charge in [-0.25, -0.2) is 17.9 Å². The monoisotopic (exact) mass is 372 g/mol. The first kappa shape index (κ1) is 21.4. The average molecular weight is 372 g/mol. The Morgan fingerprint density at radius 1 is 1.32 bits per heavy atom. The highest BCUT2D eigenvalue weighted by molar-refractivity contribution is 7.89. The van der Waals surface area contributed by atoms with Crippen molar-refractivity contribution in [2.45, 2.75) is 44.6 Å². The molecule has 0 radical (unpaired) electrons. The number of rotatable bonds is 11. The SMILES string of the molecule is CCN(CC)CCCC(C)NS(=O)(=O)c1cc(C(=O)O)ccc1OC. The van der Waals surface area contributed by atoms with Crippen molar-refractivity contribution in [3.63, 3.8) is 0 Å². The molecule has 7 nitrogen and oxygen atoms in total. The van der Waals surface area contributed by atoms with E-state index in [1.165, 1.54) is 19.2 Å². The molecule has 0 aromatic heterocycles. The van der Waals surface area contributed by atoms with Crippen molar-refractivity contribution >= 4 is 16.0 Å². The van der Waals surface area contributed by atoms with Crippen molar-refractivity contribution < 1.29 is 23.1 Å². The van der Waals surface area contributed by atoms with Gasteiger partial charge in [0.15, 0.2) is 0 Å². The van der Waals surface area contributed by atoms with E-state index in [0.717, 1.165) is 32.1 Å². The van der Waals surface area contributed by atoms with E-state index in [2.05, 4.69) is 23.5 Å². The molecular formula is C17H28N2O5S. The smallest absolute Gasteiger partial charge is 0.335 e. The van der Waals surface area contributed by atoms with Crippen LogP contribution in [0.25, 0.3) is 0 Å². The molecule has 2 N–H and O–H groups in total. The predicted molar refractivity (Wildman–Crippen MR) is 96.8 cm³/mol. The summed E-state index contributed by atoms with van der Waals surface area (Å²) in [6, 6.07) is 3.52. The van der Waals surface area contributed by atoms with Gasteiger partial charge >= 0.3 is 5.97 Å². The van der Waals surface area contributed by atoms with Gasteiger partial charge in [0.25, 0.3) is 0 Å². The first-order valence-corrected chi connectivity index (χ1v) is 9.89. The fourth-order valence-electron chi connectivity index (χ4n) is 2.57. The summed E-state index contributed by atoms with van der Waals surface area (Å²) in [6.07, 6.45) is 1.56. The molecule has 0 saturated carbocycles. The van der Waals surface area contributed by atoms with Crippen molar-refractivity contribution in [2.24, 2.45) is 0 Å². The lowest BCUT2D eigenvalue weighted by atomic mass is 10.2. The number of carboxylic acid groups (broad SMARTS) is 1. The first-order valence-electron chi connectivity index (χ1n) is 8.41. The molecule has 1 aromatic rings. The number of ether oxygens (including phenoxy) is 1. The quantitative estimate of drug-likeness (QED) is 0.618. The number of hydrogen-bond donors (Lipinski definition) is 2. The van der Waals surface area contributed by atoms with Crippen molar-refractivity contribution in [3.8, 4) is 5.75 Å². The maximum absolute atomic E-state index is 12.6. The molecule has 0 saturated heterocycles. The van der Waals surface area contributed by atoms with Crippen molar-refractivity contribution in [1.82, 2.24) is 9.62 Å². The van der Waals surface area contributed by atoms with Crippen molar-refractivity contribution in [2.75, 3.05) is 26.7 Å². The molecule has 0 heterocycles. The minimum absolute atomic E-state index is 0.102. The molecule has 0 fully saturated rings. The number of sulfonamides is 1. The lowest BCUT2D eigenvalue weighted by Crippen LogP contribution is -2.34. The second-order valence-electron chi connectivity index (χ2n) is 5.86. The first-order chi connectivity index (χ1) is 11.7. The number of carbonyl (C=O) groups is 1. The van der Waals surface area contributed by atoms with Crippen LogP contribution in [0, 0.1) is 0 Å². The second kappa shape index (κ2) is 9.74. The zero-order chi connectivity index (χ0) is 19.0. The molecule has 8 heteroatoms. The van der Waals surface area contributed by atoms with Crippen LogP contribution in [-0.4, -0.2) is 57.2 Å². The molecule has 0 aliphatic heterocycles. The van der Waals surface area contributed by atoms with E-state index >= 15 is 0 Å².